The van der Waals surface area contributed by atoms with Crippen LogP contribution in [-0.2, 0) is 4.79 Å². The van der Waals surface area contributed by atoms with Crippen LogP contribution in [0.2, 0.25) is 0 Å². The van der Waals surface area contributed by atoms with E-state index in [4.69, 9.17) is 10.5 Å². The molecule has 2 aromatic carbocycles. The number of hydrazone groups is 1. The van der Waals surface area contributed by atoms with Crippen molar-refractivity contribution in [1.82, 2.24) is 5.43 Å². The Morgan fingerprint density at radius 2 is 1.78 bits per heavy atom. The summed E-state index contributed by atoms with van der Waals surface area (Å²) in [5.74, 6) is -0.351. The number of carbonyl (C=O) groups is 1. The van der Waals surface area contributed by atoms with Gasteiger partial charge in [0.25, 0.3) is 5.91 Å². The number of carbonyl (C=O) groups excluding carboxylic acids is 1. The predicted molar refractivity (Wildman–Crippen MR) is 87.7 cm³/mol. The third-order valence-corrected chi connectivity index (χ3v) is 3.16. The van der Waals surface area contributed by atoms with Gasteiger partial charge in [-0.15, -0.1) is 0 Å². The number of nitrogens with one attached hydrogen (secondary N) is 1. The van der Waals surface area contributed by atoms with Crippen molar-refractivity contribution in [3.8, 4) is 5.75 Å². The molecule has 0 aliphatic heterocycles. The number of amides is 1. The topological polar surface area (TPSA) is 76.7 Å². The van der Waals surface area contributed by atoms with Crippen molar-refractivity contribution in [1.29, 1.82) is 0 Å². The molecule has 0 unspecified atom stereocenters. The zero-order chi connectivity index (χ0) is 16.8. The molecular weight excluding hydrogens is 297 g/mol. The fraction of sp³-hybridized carbons (Fsp3) is 0.176. The van der Waals surface area contributed by atoms with Crippen LogP contribution in [0, 0.1) is 5.82 Å². The maximum absolute atomic E-state index is 12.8. The van der Waals surface area contributed by atoms with Gasteiger partial charge in [0.1, 0.15) is 11.6 Å². The van der Waals surface area contributed by atoms with Crippen LogP contribution >= 0.6 is 0 Å². The van der Waals surface area contributed by atoms with E-state index in [2.05, 4.69) is 10.5 Å². The van der Waals surface area contributed by atoms with Crippen LogP contribution in [0.25, 0.3) is 0 Å². The second-order valence-corrected chi connectivity index (χ2v) is 5.01. The molecule has 2 rings (SSSR count). The molecule has 0 radical (unpaired) electrons. The maximum atomic E-state index is 12.8. The first-order valence-corrected chi connectivity index (χ1v) is 7.08. The number of hydrogen-bond acceptors (Lipinski definition) is 4. The minimum atomic E-state index is -0.761. The molecule has 0 aromatic heterocycles. The van der Waals surface area contributed by atoms with Gasteiger partial charge in [0.05, 0.1) is 5.71 Å². The summed E-state index contributed by atoms with van der Waals surface area (Å²) in [5, 5.41) is 4.04. The third-order valence-electron chi connectivity index (χ3n) is 3.16. The van der Waals surface area contributed by atoms with E-state index in [1.165, 1.54) is 24.3 Å². The van der Waals surface area contributed by atoms with Crippen molar-refractivity contribution in [3.05, 3.63) is 59.9 Å². The summed E-state index contributed by atoms with van der Waals surface area (Å²) in [6, 6.07) is 12.6. The van der Waals surface area contributed by atoms with Crippen molar-refractivity contribution in [2.45, 2.75) is 20.0 Å². The molecule has 0 fully saturated rings. The van der Waals surface area contributed by atoms with Crippen LogP contribution in [-0.4, -0.2) is 17.7 Å². The number of nitrogen functional groups attached to an aromatic ring is 1. The van der Waals surface area contributed by atoms with E-state index in [1.54, 1.807) is 26.0 Å². The number of nitrogens with zero attached hydrogens (tertiary/aromatic N) is 1. The monoisotopic (exact) mass is 315 g/mol. The molecule has 6 heteroatoms. The molecule has 0 bridgehead atoms. The van der Waals surface area contributed by atoms with Gasteiger partial charge in [0.2, 0.25) is 0 Å². The lowest BCUT2D eigenvalue weighted by molar-refractivity contribution is -0.127. The number of benzene rings is 2. The molecule has 3 N–H and O–H groups in total. The van der Waals surface area contributed by atoms with Crippen LogP contribution in [0.1, 0.15) is 19.4 Å². The molecule has 23 heavy (non-hydrogen) atoms. The molecule has 1 atom stereocenters. The highest BCUT2D eigenvalue weighted by atomic mass is 19.1. The van der Waals surface area contributed by atoms with Gasteiger partial charge in [0.15, 0.2) is 6.10 Å². The molecule has 2 aromatic rings. The Kier molecular flexibility index (Phi) is 5.30. The van der Waals surface area contributed by atoms with E-state index < -0.39 is 12.0 Å². The molecule has 0 saturated carbocycles. The number of nitrogens with two attached hydrogens (primary N) is 1. The maximum Gasteiger partial charge on any atom is 0.280 e. The number of anilines is 1. The summed E-state index contributed by atoms with van der Waals surface area (Å²) in [7, 11) is 0. The number of hydrogen-bond donors (Lipinski definition) is 2. The van der Waals surface area contributed by atoms with Gasteiger partial charge in [-0.3, -0.25) is 4.79 Å². The lowest BCUT2D eigenvalue weighted by Crippen LogP contribution is -2.33. The average molecular weight is 315 g/mol. The lowest BCUT2D eigenvalue weighted by atomic mass is 10.1. The van der Waals surface area contributed by atoms with Crippen LogP contribution in [0.3, 0.4) is 0 Å². The Morgan fingerprint density at radius 3 is 2.39 bits per heavy atom. The summed E-state index contributed by atoms with van der Waals surface area (Å²) in [6.45, 7) is 3.37. The van der Waals surface area contributed by atoms with E-state index in [0.29, 0.717) is 17.1 Å². The van der Waals surface area contributed by atoms with E-state index in [1.807, 2.05) is 12.1 Å². The molecule has 1 amide bonds. The Hall–Kier alpha value is -2.89. The van der Waals surface area contributed by atoms with Gasteiger partial charge >= 0.3 is 0 Å². The molecule has 0 saturated heterocycles. The molecule has 120 valence electrons. The molecule has 0 heterocycles. The highest BCUT2D eigenvalue weighted by Gasteiger charge is 2.14. The summed E-state index contributed by atoms with van der Waals surface area (Å²) < 4.78 is 18.2. The first kappa shape index (κ1) is 16.5. The zero-order valence-corrected chi connectivity index (χ0v) is 12.9. The van der Waals surface area contributed by atoms with E-state index in [-0.39, 0.29) is 5.82 Å². The molecule has 0 aliphatic rings. The summed E-state index contributed by atoms with van der Waals surface area (Å²) in [6.07, 6.45) is -0.761. The largest absolute Gasteiger partial charge is 0.481 e. The second-order valence-electron chi connectivity index (χ2n) is 5.01. The van der Waals surface area contributed by atoms with Crippen LogP contribution in [0.4, 0.5) is 10.1 Å². The zero-order valence-electron chi connectivity index (χ0n) is 12.9. The lowest BCUT2D eigenvalue weighted by Gasteiger charge is -2.13. The first-order chi connectivity index (χ1) is 11.0. The minimum Gasteiger partial charge on any atom is -0.481 e. The predicted octanol–water partition coefficient (Wildman–Crippen LogP) is 2.72. The van der Waals surface area contributed by atoms with Crippen molar-refractivity contribution in [2.24, 2.45) is 5.10 Å². The Bertz CT molecular complexity index is 697. The molecule has 0 aliphatic carbocycles. The number of rotatable bonds is 5. The third kappa shape index (κ3) is 4.81. The van der Waals surface area contributed by atoms with Gasteiger partial charge in [-0.25, -0.2) is 9.82 Å². The minimum absolute atomic E-state index is 0.363. The second kappa shape index (κ2) is 7.40. The first-order valence-electron chi connectivity index (χ1n) is 7.08. The van der Waals surface area contributed by atoms with Gasteiger partial charge < -0.3 is 10.5 Å². The van der Waals surface area contributed by atoms with Gasteiger partial charge in [0, 0.05) is 5.69 Å². The summed E-state index contributed by atoms with van der Waals surface area (Å²) >= 11 is 0. The number of ether oxygens (including phenoxy) is 1. The van der Waals surface area contributed by atoms with E-state index in [0.717, 1.165) is 5.56 Å². The molecule has 5 nitrogen and oxygen atoms in total. The standard InChI is InChI=1S/C17H18FN3O2/c1-11(13-3-7-15(19)8-4-13)20-21-17(22)12(2)23-16-9-5-14(18)6-10-16/h3-10,12H,19H2,1-2H3,(H,21,22)/b20-11-/t12-/m1/s1. The highest BCUT2D eigenvalue weighted by Crippen LogP contribution is 2.13. The Morgan fingerprint density at radius 1 is 1.17 bits per heavy atom. The summed E-state index contributed by atoms with van der Waals surface area (Å²) in [4.78, 5) is 12.0. The van der Waals surface area contributed by atoms with Crippen LogP contribution in [0.5, 0.6) is 5.75 Å². The van der Waals surface area contributed by atoms with Gasteiger partial charge in [-0.05, 0) is 55.8 Å². The van der Waals surface area contributed by atoms with Gasteiger partial charge in [-0.2, -0.15) is 5.10 Å². The van der Waals surface area contributed by atoms with Crippen LogP contribution < -0.4 is 15.9 Å². The van der Waals surface area contributed by atoms with Gasteiger partial charge in [-0.1, -0.05) is 12.1 Å². The SMILES string of the molecule is C/C(=N/NC(=O)[C@@H](C)Oc1ccc(F)cc1)c1ccc(N)cc1. The van der Waals surface area contributed by atoms with Crippen LogP contribution in [0.15, 0.2) is 53.6 Å². The van der Waals surface area contributed by atoms with Crippen molar-refractivity contribution < 1.29 is 13.9 Å². The fourth-order valence-corrected chi connectivity index (χ4v) is 1.79. The molecule has 0 spiro atoms. The Balaban J connectivity index is 1.93. The fourth-order valence-electron chi connectivity index (χ4n) is 1.79. The van der Waals surface area contributed by atoms with E-state index in [9.17, 15) is 9.18 Å². The quantitative estimate of drug-likeness (QED) is 0.506. The summed E-state index contributed by atoms with van der Waals surface area (Å²) in [5.41, 5.74) is 10.2. The Labute approximate surface area is 134 Å². The molecular formula is C17H18FN3O2. The normalized spacial score (nSPS) is 12.6. The smallest absolute Gasteiger partial charge is 0.280 e. The highest BCUT2D eigenvalue weighted by molar-refractivity contribution is 5.99. The van der Waals surface area contributed by atoms with E-state index >= 15 is 0 Å². The average Bonchev–Trinajstić information content (AvgIpc) is 2.55. The number of halogens is 1. The van der Waals surface area contributed by atoms with Crippen molar-refractivity contribution in [2.75, 3.05) is 5.73 Å². The van der Waals surface area contributed by atoms with Crippen molar-refractivity contribution >= 4 is 17.3 Å². The van der Waals surface area contributed by atoms with Crippen molar-refractivity contribution in [3.63, 3.8) is 0 Å².